The minimum absolute atomic E-state index is 0.384. The van der Waals surface area contributed by atoms with E-state index >= 15 is 0 Å². The molecule has 1 saturated heterocycles. The van der Waals surface area contributed by atoms with Gasteiger partial charge in [0.1, 0.15) is 24.4 Å². The van der Waals surface area contributed by atoms with Crippen LogP contribution >= 0.6 is 23.2 Å². The van der Waals surface area contributed by atoms with Crippen molar-refractivity contribution in [2.45, 2.75) is 49.9 Å². The van der Waals surface area contributed by atoms with Crippen LogP contribution in [0.2, 0.25) is 0 Å². The van der Waals surface area contributed by atoms with Gasteiger partial charge in [-0.05, 0) is 37.0 Å². The molecule has 1 fully saturated rings. The van der Waals surface area contributed by atoms with Crippen LogP contribution in [0.4, 0.5) is 5.69 Å². The fourth-order valence-electron chi connectivity index (χ4n) is 3.95. The van der Waals surface area contributed by atoms with Gasteiger partial charge in [0.05, 0.1) is 13.7 Å². The van der Waals surface area contributed by atoms with Crippen molar-refractivity contribution in [1.29, 1.82) is 0 Å². The molecule has 1 heterocycles. The summed E-state index contributed by atoms with van der Waals surface area (Å²) in [5, 5.41) is 31.8. The molecule has 5 atom stereocenters. The molecule has 0 aromatic heterocycles. The first-order valence-electron chi connectivity index (χ1n) is 10.9. The number of hydrogen-bond donors (Lipinski definition) is 3. The molecule has 0 saturated carbocycles. The zero-order valence-electron chi connectivity index (χ0n) is 18.8. The van der Waals surface area contributed by atoms with Crippen LogP contribution in [0.25, 0.3) is 0 Å². The van der Waals surface area contributed by atoms with E-state index in [1.165, 1.54) is 24.8 Å². The molecule has 8 nitrogen and oxygen atoms in total. The van der Waals surface area contributed by atoms with E-state index in [9.17, 15) is 15.3 Å². The lowest BCUT2D eigenvalue weighted by Gasteiger charge is -2.44. The normalized spacial score (nSPS) is 25.9. The van der Waals surface area contributed by atoms with Gasteiger partial charge in [-0.3, -0.25) is 4.84 Å². The number of ether oxygens (including phenoxy) is 2. The van der Waals surface area contributed by atoms with E-state index in [-0.39, 0.29) is 6.61 Å². The number of alkyl halides is 2. The summed E-state index contributed by atoms with van der Waals surface area (Å²) in [6, 6.07) is 8.41. The molecule has 32 heavy (non-hydrogen) atoms. The van der Waals surface area contributed by atoms with Crippen LogP contribution in [0.3, 0.4) is 0 Å². The molecule has 0 radical (unpaired) electrons. The topological polar surface area (TPSA) is 94.9 Å². The molecular formula is C22H36Cl2N2O6. The van der Waals surface area contributed by atoms with Crippen molar-refractivity contribution in [3.8, 4) is 0 Å². The summed E-state index contributed by atoms with van der Waals surface area (Å²) in [7, 11) is 2.91. The Kier molecular flexibility index (Phi) is 12.5. The smallest absolute Gasteiger partial charge is 0.162 e. The Morgan fingerprint density at radius 3 is 2.16 bits per heavy atom. The fourth-order valence-corrected chi connectivity index (χ4v) is 4.36. The van der Waals surface area contributed by atoms with Gasteiger partial charge in [0.2, 0.25) is 0 Å². The number of unbranched alkanes of at least 4 members (excludes halogenated alkanes) is 1. The Morgan fingerprint density at radius 1 is 0.969 bits per heavy atom. The van der Waals surface area contributed by atoms with E-state index in [1.54, 1.807) is 0 Å². The summed E-state index contributed by atoms with van der Waals surface area (Å²) in [6.07, 6.45) is -2.21. The van der Waals surface area contributed by atoms with Gasteiger partial charge in [0.25, 0.3) is 0 Å². The Hall–Kier alpha value is -0.680. The van der Waals surface area contributed by atoms with Crippen LogP contribution in [-0.4, -0.2) is 103 Å². The molecule has 1 aliphatic rings. The highest BCUT2D eigenvalue weighted by molar-refractivity contribution is 6.18. The second-order valence-electron chi connectivity index (χ2n) is 7.74. The van der Waals surface area contributed by atoms with E-state index in [0.29, 0.717) is 18.3 Å². The number of rotatable bonds is 14. The van der Waals surface area contributed by atoms with Gasteiger partial charge in [-0.2, -0.15) is 5.06 Å². The number of benzene rings is 1. The monoisotopic (exact) mass is 494 g/mol. The third-order valence-electron chi connectivity index (χ3n) is 5.74. The lowest BCUT2D eigenvalue weighted by Crippen LogP contribution is -2.63. The van der Waals surface area contributed by atoms with Crippen LogP contribution in [0, 0.1) is 0 Å². The van der Waals surface area contributed by atoms with Gasteiger partial charge in [-0.25, -0.2) is 0 Å². The summed E-state index contributed by atoms with van der Waals surface area (Å²) in [4.78, 5) is 7.59. The number of anilines is 1. The van der Waals surface area contributed by atoms with Crippen molar-refractivity contribution in [2.75, 3.05) is 57.1 Å². The van der Waals surface area contributed by atoms with Crippen molar-refractivity contribution < 1.29 is 29.6 Å². The second kappa shape index (κ2) is 14.6. The third-order valence-corrected chi connectivity index (χ3v) is 6.07. The number of halogens is 2. The zero-order chi connectivity index (χ0) is 23.5. The zero-order valence-corrected chi connectivity index (χ0v) is 20.3. The van der Waals surface area contributed by atoms with Crippen LogP contribution < -0.4 is 4.90 Å². The van der Waals surface area contributed by atoms with Crippen molar-refractivity contribution in [3.63, 3.8) is 0 Å². The predicted molar refractivity (Wildman–Crippen MR) is 125 cm³/mol. The van der Waals surface area contributed by atoms with Crippen molar-refractivity contribution in [2.24, 2.45) is 0 Å². The highest BCUT2D eigenvalue weighted by atomic mass is 35.5. The maximum Gasteiger partial charge on any atom is 0.162 e. The molecule has 0 bridgehead atoms. The molecule has 0 amide bonds. The van der Waals surface area contributed by atoms with Crippen molar-refractivity contribution in [1.82, 2.24) is 5.06 Å². The summed E-state index contributed by atoms with van der Waals surface area (Å²) in [6.45, 7) is 1.65. The third kappa shape index (κ3) is 7.41. The summed E-state index contributed by atoms with van der Waals surface area (Å²) >= 11 is 11.8. The minimum atomic E-state index is -1.12. The number of methoxy groups -OCH3 is 1. The average molecular weight is 495 g/mol. The molecule has 10 heteroatoms. The Balaban J connectivity index is 1.86. The first kappa shape index (κ1) is 27.6. The van der Waals surface area contributed by atoms with Crippen LogP contribution in [0.15, 0.2) is 24.3 Å². The van der Waals surface area contributed by atoms with Crippen LogP contribution in [0.1, 0.15) is 18.4 Å². The van der Waals surface area contributed by atoms with Crippen molar-refractivity contribution in [3.05, 3.63) is 29.8 Å². The van der Waals surface area contributed by atoms with Gasteiger partial charge in [0, 0.05) is 44.2 Å². The van der Waals surface area contributed by atoms with E-state index < -0.39 is 30.6 Å². The maximum absolute atomic E-state index is 10.6. The minimum Gasteiger partial charge on any atom is -0.394 e. The van der Waals surface area contributed by atoms with E-state index in [2.05, 4.69) is 29.2 Å². The first-order chi connectivity index (χ1) is 15.5. The number of aliphatic hydroxyl groups is 3. The van der Waals surface area contributed by atoms with Gasteiger partial charge in [-0.15, -0.1) is 23.2 Å². The van der Waals surface area contributed by atoms with Gasteiger partial charge in [0.15, 0.2) is 6.23 Å². The quantitative estimate of drug-likeness (QED) is 0.204. The second-order valence-corrected chi connectivity index (χ2v) is 8.50. The molecule has 0 spiro atoms. The van der Waals surface area contributed by atoms with E-state index in [0.717, 1.165) is 38.0 Å². The molecule has 2 rings (SSSR count). The van der Waals surface area contributed by atoms with Crippen LogP contribution in [0.5, 0.6) is 0 Å². The van der Waals surface area contributed by atoms with Gasteiger partial charge < -0.3 is 29.7 Å². The average Bonchev–Trinajstić information content (AvgIpc) is 2.80. The number of aryl methyl sites for hydroxylation is 1. The summed E-state index contributed by atoms with van der Waals surface area (Å²) in [5.41, 5.74) is 2.34. The largest absolute Gasteiger partial charge is 0.394 e. The Bertz CT molecular complexity index is 635. The van der Waals surface area contributed by atoms with Gasteiger partial charge >= 0.3 is 0 Å². The molecular weight excluding hydrogens is 459 g/mol. The molecule has 1 aromatic rings. The SMILES string of the molecule is CO[C@H]1[C@H](O)[C@@H](CO)OC(N(CCCCc2ccc(N(CCCl)CCCl)cc2)OC)[C@@H]1O. The number of hydroxylamine groups is 2. The maximum atomic E-state index is 10.6. The van der Waals surface area contributed by atoms with E-state index in [1.807, 2.05) is 0 Å². The highest BCUT2D eigenvalue weighted by Gasteiger charge is 2.47. The molecule has 1 aromatic carbocycles. The summed E-state index contributed by atoms with van der Waals surface area (Å²) < 4.78 is 10.9. The Morgan fingerprint density at radius 2 is 1.62 bits per heavy atom. The molecule has 1 aliphatic heterocycles. The van der Waals surface area contributed by atoms with Crippen LogP contribution in [-0.2, 0) is 20.7 Å². The number of aliphatic hydroxyl groups excluding tert-OH is 3. The molecule has 184 valence electrons. The van der Waals surface area contributed by atoms with E-state index in [4.69, 9.17) is 37.5 Å². The number of nitrogens with zero attached hydrogens (tertiary/aromatic N) is 2. The molecule has 0 aliphatic carbocycles. The van der Waals surface area contributed by atoms with Crippen molar-refractivity contribution >= 4 is 28.9 Å². The summed E-state index contributed by atoms with van der Waals surface area (Å²) in [5.74, 6) is 1.11. The lowest BCUT2D eigenvalue weighted by atomic mass is 9.98. The Labute approximate surface area is 200 Å². The first-order valence-corrected chi connectivity index (χ1v) is 12.0. The lowest BCUT2D eigenvalue weighted by molar-refractivity contribution is -0.330. The highest BCUT2D eigenvalue weighted by Crippen LogP contribution is 2.26. The van der Waals surface area contributed by atoms with Gasteiger partial charge in [-0.1, -0.05) is 12.1 Å². The predicted octanol–water partition coefficient (Wildman–Crippen LogP) is 1.61. The number of hydrogen-bond acceptors (Lipinski definition) is 8. The molecule has 3 N–H and O–H groups in total. The fraction of sp³-hybridized carbons (Fsp3) is 0.727. The standard InChI is InChI=1S/C22H36Cl2N2O6/c1-30-21-19(28)18(15-27)32-22(20(21)29)26(31-2)12-4-3-5-16-6-8-17(9-7-16)25(13-10-23)14-11-24/h6-9,18-22,27-29H,3-5,10-15H2,1-2H3/t18-,19-,20-,21+,22?/m1/s1. The molecule has 1 unspecified atom stereocenters.